The number of hydrogen-bond acceptors (Lipinski definition) is 4. The van der Waals surface area contributed by atoms with Crippen molar-refractivity contribution in [2.45, 2.75) is 6.54 Å². The predicted octanol–water partition coefficient (Wildman–Crippen LogP) is 5.67. The molecule has 0 saturated carbocycles. The maximum atomic E-state index is 5.33. The number of H-pyrrole nitrogens is 1. The van der Waals surface area contributed by atoms with Crippen molar-refractivity contribution in [2.24, 2.45) is 0 Å². The Morgan fingerprint density at radius 2 is 1.42 bits per heavy atom. The van der Waals surface area contributed by atoms with Gasteiger partial charge in [-0.2, -0.15) is 0 Å². The molecule has 0 spiro atoms. The van der Waals surface area contributed by atoms with Crippen LogP contribution in [0.2, 0.25) is 0 Å². The molecule has 1 N–H and O–H groups in total. The molecule has 5 aromatic rings. The molecular formula is C27H24N4O2. The van der Waals surface area contributed by atoms with E-state index in [1.54, 1.807) is 20.4 Å². The Morgan fingerprint density at radius 1 is 0.788 bits per heavy atom. The fourth-order valence-corrected chi connectivity index (χ4v) is 3.84. The van der Waals surface area contributed by atoms with Gasteiger partial charge in [-0.3, -0.25) is 0 Å². The molecule has 0 atom stereocenters. The lowest BCUT2D eigenvalue weighted by atomic mass is 10.0. The summed E-state index contributed by atoms with van der Waals surface area (Å²) in [5.74, 6) is 3.11. The highest BCUT2D eigenvalue weighted by atomic mass is 16.5. The van der Waals surface area contributed by atoms with Gasteiger partial charge < -0.3 is 19.0 Å². The van der Waals surface area contributed by atoms with Crippen LogP contribution in [0.5, 0.6) is 11.5 Å². The third kappa shape index (κ3) is 4.23. The molecule has 0 aliphatic carbocycles. The minimum absolute atomic E-state index is 0.715. The molecule has 6 nitrogen and oxygen atoms in total. The van der Waals surface area contributed by atoms with Gasteiger partial charge >= 0.3 is 0 Å². The van der Waals surface area contributed by atoms with Crippen molar-refractivity contribution in [3.63, 3.8) is 0 Å². The van der Waals surface area contributed by atoms with E-state index in [0.717, 1.165) is 39.8 Å². The van der Waals surface area contributed by atoms with Crippen molar-refractivity contribution in [1.82, 2.24) is 19.5 Å². The number of rotatable bonds is 7. The van der Waals surface area contributed by atoms with Crippen LogP contribution in [0, 0.1) is 0 Å². The van der Waals surface area contributed by atoms with Crippen molar-refractivity contribution in [1.29, 1.82) is 0 Å². The van der Waals surface area contributed by atoms with Gasteiger partial charge in [0.25, 0.3) is 0 Å². The molecule has 3 aromatic carbocycles. The average Bonchev–Trinajstić information content (AvgIpc) is 3.52. The Hall–Kier alpha value is -4.32. The lowest BCUT2D eigenvalue weighted by molar-refractivity contribution is 0.414. The number of aromatic nitrogens is 4. The molecule has 0 amide bonds. The molecule has 0 bridgehead atoms. The molecule has 2 aromatic heterocycles. The van der Waals surface area contributed by atoms with Crippen LogP contribution in [0.3, 0.4) is 0 Å². The van der Waals surface area contributed by atoms with Crippen LogP contribution >= 0.6 is 0 Å². The van der Waals surface area contributed by atoms with Gasteiger partial charge in [0.2, 0.25) is 0 Å². The lowest BCUT2D eigenvalue weighted by Crippen LogP contribution is -2.01. The summed E-state index contributed by atoms with van der Waals surface area (Å²) in [6.45, 7) is 0.715. The molecule has 164 valence electrons. The lowest BCUT2D eigenvalue weighted by Gasteiger charge is -2.06. The molecule has 0 aliphatic rings. The molecule has 0 unspecified atom stereocenters. The van der Waals surface area contributed by atoms with E-state index in [1.165, 1.54) is 5.56 Å². The minimum Gasteiger partial charge on any atom is -0.497 e. The first-order valence-corrected chi connectivity index (χ1v) is 10.7. The Kier molecular flexibility index (Phi) is 5.64. The second kappa shape index (κ2) is 9.04. The van der Waals surface area contributed by atoms with Gasteiger partial charge in [0.05, 0.1) is 25.6 Å². The van der Waals surface area contributed by atoms with Crippen LogP contribution in [-0.4, -0.2) is 33.7 Å². The fraction of sp³-hybridized carbons (Fsp3) is 0.111. The zero-order chi connectivity index (χ0) is 22.6. The second-order valence-corrected chi connectivity index (χ2v) is 7.63. The molecule has 0 fully saturated rings. The molecule has 5 rings (SSSR count). The molecule has 0 aliphatic heterocycles. The largest absolute Gasteiger partial charge is 0.497 e. The number of nitrogens with one attached hydrogen (secondary N) is 1. The van der Waals surface area contributed by atoms with E-state index in [-0.39, 0.29) is 0 Å². The predicted molar refractivity (Wildman–Crippen MR) is 129 cm³/mol. The van der Waals surface area contributed by atoms with Gasteiger partial charge in [0.15, 0.2) is 11.6 Å². The highest BCUT2D eigenvalue weighted by Gasteiger charge is 2.18. The minimum atomic E-state index is 0.715. The number of benzene rings is 3. The van der Waals surface area contributed by atoms with E-state index in [0.29, 0.717) is 12.4 Å². The summed E-state index contributed by atoms with van der Waals surface area (Å²) in [5.41, 5.74) is 4.99. The number of hydrogen-bond donors (Lipinski definition) is 1. The van der Waals surface area contributed by atoms with Crippen molar-refractivity contribution in [2.75, 3.05) is 14.2 Å². The van der Waals surface area contributed by atoms with E-state index < -0.39 is 0 Å². The average molecular weight is 437 g/mol. The first-order valence-electron chi connectivity index (χ1n) is 10.7. The summed E-state index contributed by atoms with van der Waals surface area (Å²) >= 11 is 0. The summed E-state index contributed by atoms with van der Waals surface area (Å²) in [5, 5.41) is 0. The summed E-state index contributed by atoms with van der Waals surface area (Å²) in [7, 11) is 3.33. The van der Waals surface area contributed by atoms with Crippen LogP contribution in [0.15, 0.2) is 91.3 Å². The quantitative estimate of drug-likeness (QED) is 0.357. The van der Waals surface area contributed by atoms with Gasteiger partial charge in [0.1, 0.15) is 11.5 Å². The molecule has 0 radical (unpaired) electrons. The Labute approximate surface area is 192 Å². The van der Waals surface area contributed by atoms with Crippen molar-refractivity contribution in [3.8, 4) is 45.7 Å². The standard InChI is InChI=1S/C27H24N4O2/c1-32-22-12-8-20(9-13-22)24-25(21-10-14-23(33-2)15-11-21)30-26(29-24)27-28-16-17-31(27)18-19-6-4-3-5-7-19/h3-17H,18H2,1-2H3,(H,29,30). The maximum Gasteiger partial charge on any atom is 0.176 e. The Balaban J connectivity index is 1.59. The van der Waals surface area contributed by atoms with Gasteiger partial charge in [-0.15, -0.1) is 0 Å². The van der Waals surface area contributed by atoms with Crippen LogP contribution < -0.4 is 9.47 Å². The number of imidazole rings is 2. The summed E-state index contributed by atoms with van der Waals surface area (Å²) in [6.07, 6.45) is 3.78. The molecule has 2 heterocycles. The Morgan fingerprint density at radius 3 is 2.06 bits per heavy atom. The second-order valence-electron chi connectivity index (χ2n) is 7.63. The number of aromatic amines is 1. The van der Waals surface area contributed by atoms with Crippen molar-refractivity contribution < 1.29 is 9.47 Å². The van der Waals surface area contributed by atoms with E-state index >= 15 is 0 Å². The summed E-state index contributed by atoms with van der Waals surface area (Å²) in [4.78, 5) is 13.1. The van der Waals surface area contributed by atoms with Crippen LogP contribution in [0.4, 0.5) is 0 Å². The van der Waals surface area contributed by atoms with Gasteiger partial charge in [0, 0.05) is 30.1 Å². The normalized spacial score (nSPS) is 10.8. The molecule has 33 heavy (non-hydrogen) atoms. The summed E-state index contributed by atoms with van der Waals surface area (Å²) in [6, 6.07) is 26.2. The van der Waals surface area contributed by atoms with Gasteiger partial charge in [-0.1, -0.05) is 30.3 Å². The van der Waals surface area contributed by atoms with Gasteiger partial charge in [-0.05, 0) is 54.1 Å². The topological polar surface area (TPSA) is 65.0 Å². The molecule has 6 heteroatoms. The van der Waals surface area contributed by atoms with Crippen LogP contribution in [0.25, 0.3) is 34.2 Å². The molecule has 0 saturated heterocycles. The van der Waals surface area contributed by atoms with E-state index in [1.807, 2.05) is 72.9 Å². The number of nitrogens with zero attached hydrogens (tertiary/aromatic N) is 3. The fourth-order valence-electron chi connectivity index (χ4n) is 3.84. The SMILES string of the molecule is COc1ccc(-c2nc(-c3nccn3Cc3ccccc3)[nH]c2-c2ccc(OC)cc2)cc1. The number of ether oxygens (including phenoxy) is 2. The van der Waals surface area contributed by atoms with Crippen LogP contribution in [-0.2, 0) is 6.54 Å². The zero-order valence-electron chi connectivity index (χ0n) is 18.5. The molecular weight excluding hydrogens is 412 g/mol. The van der Waals surface area contributed by atoms with Crippen LogP contribution in [0.1, 0.15) is 5.56 Å². The third-order valence-corrected chi connectivity index (χ3v) is 5.57. The van der Waals surface area contributed by atoms with Crippen molar-refractivity contribution >= 4 is 0 Å². The zero-order valence-corrected chi connectivity index (χ0v) is 18.5. The number of methoxy groups -OCH3 is 2. The van der Waals surface area contributed by atoms with Crippen molar-refractivity contribution in [3.05, 3.63) is 96.8 Å². The first-order chi connectivity index (χ1) is 16.2. The summed E-state index contributed by atoms with van der Waals surface area (Å²) < 4.78 is 12.8. The van der Waals surface area contributed by atoms with E-state index in [9.17, 15) is 0 Å². The highest BCUT2D eigenvalue weighted by molar-refractivity contribution is 5.81. The monoisotopic (exact) mass is 436 g/mol. The third-order valence-electron chi connectivity index (χ3n) is 5.57. The van der Waals surface area contributed by atoms with E-state index in [4.69, 9.17) is 14.5 Å². The van der Waals surface area contributed by atoms with Gasteiger partial charge in [-0.25, -0.2) is 9.97 Å². The smallest absolute Gasteiger partial charge is 0.176 e. The Bertz CT molecular complexity index is 1270. The first kappa shape index (κ1) is 20.6. The maximum absolute atomic E-state index is 5.33. The highest BCUT2D eigenvalue weighted by Crippen LogP contribution is 2.34. The van der Waals surface area contributed by atoms with E-state index in [2.05, 4.69) is 26.7 Å².